The van der Waals surface area contributed by atoms with Crippen LogP contribution in [-0.2, 0) is 0 Å². The number of benzene rings is 1. The first-order chi connectivity index (χ1) is 7.85. The van der Waals surface area contributed by atoms with Gasteiger partial charge in [0.25, 0.3) is 6.10 Å². The summed E-state index contributed by atoms with van der Waals surface area (Å²) in [4.78, 5) is 4.16. The van der Waals surface area contributed by atoms with Gasteiger partial charge >= 0.3 is 0 Å². The van der Waals surface area contributed by atoms with Gasteiger partial charge in [-0.3, -0.25) is 4.98 Å². The Balaban J connectivity index is 2.46. The minimum Gasteiger partial charge on any atom is -0.459 e. The Morgan fingerprint density at radius 3 is 2.62 bits per heavy atom. The molecule has 0 radical (unpaired) electrons. The van der Waals surface area contributed by atoms with Crippen molar-refractivity contribution in [1.29, 1.82) is 10.5 Å². The molecule has 0 aliphatic carbocycles. The highest BCUT2D eigenvalue weighted by Crippen LogP contribution is 2.23. The average Bonchev–Trinajstić information content (AvgIpc) is 2.36. The lowest BCUT2D eigenvalue weighted by Crippen LogP contribution is -2.11. The molecule has 0 saturated heterocycles. The van der Waals surface area contributed by atoms with Crippen LogP contribution in [0.2, 0.25) is 0 Å². The molecule has 0 aliphatic rings. The van der Waals surface area contributed by atoms with Crippen molar-refractivity contribution >= 4 is 10.9 Å². The van der Waals surface area contributed by atoms with Gasteiger partial charge in [0, 0.05) is 11.6 Å². The lowest BCUT2D eigenvalue weighted by molar-refractivity contribution is 0.312. The molecule has 0 atom stereocenters. The Kier molecular flexibility index (Phi) is 2.67. The zero-order chi connectivity index (χ0) is 11.4. The summed E-state index contributed by atoms with van der Waals surface area (Å²) in [5.41, 5.74) is 0.653. The van der Waals surface area contributed by atoms with Crippen LogP contribution in [0.5, 0.6) is 5.75 Å². The number of hydrogen-bond donors (Lipinski definition) is 0. The Hall–Kier alpha value is -2.59. The van der Waals surface area contributed by atoms with Crippen LogP contribution in [-0.4, -0.2) is 11.1 Å². The Bertz CT molecular complexity index is 576. The summed E-state index contributed by atoms with van der Waals surface area (Å²) in [5.74, 6) is 0.450. The lowest BCUT2D eigenvalue weighted by atomic mass is 10.2. The Morgan fingerprint density at radius 2 is 1.88 bits per heavy atom. The first kappa shape index (κ1) is 9.95. The molecule has 0 aliphatic heterocycles. The highest BCUT2D eigenvalue weighted by Gasteiger charge is 2.09. The third kappa shape index (κ3) is 1.77. The van der Waals surface area contributed by atoms with E-state index in [4.69, 9.17) is 15.3 Å². The fourth-order valence-corrected chi connectivity index (χ4v) is 1.38. The lowest BCUT2D eigenvalue weighted by Gasteiger charge is -2.07. The van der Waals surface area contributed by atoms with Crippen molar-refractivity contribution < 1.29 is 4.74 Å². The van der Waals surface area contributed by atoms with Gasteiger partial charge in [-0.2, -0.15) is 10.5 Å². The summed E-state index contributed by atoms with van der Waals surface area (Å²) in [6, 6.07) is 12.6. The number of pyridine rings is 1. The van der Waals surface area contributed by atoms with Crippen LogP contribution in [0.4, 0.5) is 0 Å². The summed E-state index contributed by atoms with van der Waals surface area (Å²) in [7, 11) is 0. The van der Waals surface area contributed by atoms with Gasteiger partial charge in [0.2, 0.25) is 0 Å². The molecular formula is C12H7N3O. The van der Waals surface area contributed by atoms with Crippen molar-refractivity contribution in [1.82, 2.24) is 4.98 Å². The van der Waals surface area contributed by atoms with Crippen molar-refractivity contribution in [2.45, 2.75) is 6.10 Å². The molecule has 1 aromatic carbocycles. The minimum absolute atomic E-state index is 0.450. The molecule has 2 rings (SSSR count). The van der Waals surface area contributed by atoms with E-state index < -0.39 is 6.10 Å². The van der Waals surface area contributed by atoms with E-state index in [1.807, 2.05) is 18.2 Å². The van der Waals surface area contributed by atoms with E-state index in [1.54, 1.807) is 30.5 Å². The number of fused-ring (bicyclic) bond motifs is 1. The van der Waals surface area contributed by atoms with Crippen molar-refractivity contribution in [3.63, 3.8) is 0 Å². The molecule has 4 heteroatoms. The molecule has 0 fully saturated rings. The predicted molar refractivity (Wildman–Crippen MR) is 57.4 cm³/mol. The van der Waals surface area contributed by atoms with E-state index in [0.29, 0.717) is 11.3 Å². The molecule has 0 N–H and O–H groups in total. The first-order valence-corrected chi connectivity index (χ1v) is 4.65. The SMILES string of the molecule is N#CC(C#N)Oc1cccc2cccnc12. The fraction of sp³-hybridized carbons (Fsp3) is 0.0833. The average molecular weight is 209 g/mol. The molecule has 76 valence electrons. The topological polar surface area (TPSA) is 69.7 Å². The number of para-hydroxylation sites is 1. The molecule has 16 heavy (non-hydrogen) atoms. The van der Waals surface area contributed by atoms with Crippen molar-refractivity contribution in [3.8, 4) is 17.9 Å². The molecule has 0 bridgehead atoms. The monoisotopic (exact) mass is 209 g/mol. The van der Waals surface area contributed by atoms with E-state index in [-0.39, 0.29) is 0 Å². The zero-order valence-electron chi connectivity index (χ0n) is 8.29. The maximum absolute atomic E-state index is 8.64. The maximum Gasteiger partial charge on any atom is 0.270 e. The summed E-state index contributed by atoms with van der Waals surface area (Å²) >= 11 is 0. The quantitative estimate of drug-likeness (QED) is 0.758. The Morgan fingerprint density at radius 1 is 1.12 bits per heavy atom. The van der Waals surface area contributed by atoms with Crippen LogP contribution in [0.3, 0.4) is 0 Å². The summed E-state index contributed by atoms with van der Waals surface area (Å²) in [5, 5.41) is 18.2. The maximum atomic E-state index is 8.64. The van der Waals surface area contributed by atoms with E-state index >= 15 is 0 Å². The van der Waals surface area contributed by atoms with E-state index in [1.165, 1.54) is 0 Å². The van der Waals surface area contributed by atoms with Gasteiger partial charge in [0.15, 0.2) is 0 Å². The molecule has 1 aromatic heterocycles. The number of aromatic nitrogens is 1. The molecule has 0 unspecified atom stereocenters. The van der Waals surface area contributed by atoms with Crippen LogP contribution in [0.1, 0.15) is 0 Å². The van der Waals surface area contributed by atoms with Gasteiger partial charge in [0.1, 0.15) is 23.4 Å². The van der Waals surface area contributed by atoms with Gasteiger partial charge in [-0.15, -0.1) is 0 Å². The standard InChI is InChI=1S/C12H7N3O/c13-7-10(8-14)16-11-5-1-3-9-4-2-6-15-12(9)11/h1-6,10H. The van der Waals surface area contributed by atoms with Crippen LogP contribution in [0.15, 0.2) is 36.5 Å². The van der Waals surface area contributed by atoms with E-state index in [2.05, 4.69) is 4.98 Å². The largest absolute Gasteiger partial charge is 0.459 e. The summed E-state index contributed by atoms with van der Waals surface area (Å²) < 4.78 is 5.24. The third-order valence-electron chi connectivity index (χ3n) is 2.08. The number of nitriles is 2. The molecule has 0 spiro atoms. The molecular weight excluding hydrogens is 202 g/mol. The highest BCUT2D eigenvalue weighted by molar-refractivity contribution is 5.84. The molecule has 1 heterocycles. The van der Waals surface area contributed by atoms with Crippen LogP contribution in [0, 0.1) is 22.7 Å². The zero-order valence-corrected chi connectivity index (χ0v) is 8.29. The Labute approximate surface area is 92.3 Å². The van der Waals surface area contributed by atoms with Crippen molar-refractivity contribution in [2.24, 2.45) is 0 Å². The molecule has 4 nitrogen and oxygen atoms in total. The molecule has 2 aromatic rings. The second kappa shape index (κ2) is 4.29. The normalized spacial score (nSPS) is 9.69. The fourth-order valence-electron chi connectivity index (χ4n) is 1.38. The first-order valence-electron chi connectivity index (χ1n) is 4.65. The number of ether oxygens (including phenoxy) is 1. The van der Waals surface area contributed by atoms with Crippen LogP contribution >= 0.6 is 0 Å². The smallest absolute Gasteiger partial charge is 0.270 e. The molecule has 0 amide bonds. The van der Waals surface area contributed by atoms with Crippen LogP contribution in [0.25, 0.3) is 10.9 Å². The predicted octanol–water partition coefficient (Wildman–Crippen LogP) is 2.03. The van der Waals surface area contributed by atoms with E-state index in [0.717, 1.165) is 5.39 Å². The highest BCUT2D eigenvalue weighted by atomic mass is 16.5. The number of hydrogen-bond acceptors (Lipinski definition) is 4. The molecule has 0 saturated carbocycles. The summed E-state index contributed by atoms with van der Waals surface area (Å²) in [6.45, 7) is 0. The van der Waals surface area contributed by atoms with Gasteiger partial charge in [-0.1, -0.05) is 18.2 Å². The van der Waals surface area contributed by atoms with E-state index in [9.17, 15) is 0 Å². The number of rotatable bonds is 2. The van der Waals surface area contributed by atoms with Gasteiger partial charge < -0.3 is 4.74 Å². The minimum atomic E-state index is -1.10. The van der Waals surface area contributed by atoms with Gasteiger partial charge in [-0.25, -0.2) is 0 Å². The van der Waals surface area contributed by atoms with Crippen molar-refractivity contribution in [2.75, 3.05) is 0 Å². The van der Waals surface area contributed by atoms with Gasteiger partial charge in [0.05, 0.1) is 0 Å². The van der Waals surface area contributed by atoms with Gasteiger partial charge in [-0.05, 0) is 12.1 Å². The summed E-state index contributed by atoms with van der Waals surface area (Å²) in [6.07, 6.45) is 0.538. The number of nitrogens with zero attached hydrogens (tertiary/aromatic N) is 3. The second-order valence-corrected chi connectivity index (χ2v) is 3.09. The van der Waals surface area contributed by atoms with Crippen LogP contribution < -0.4 is 4.74 Å². The third-order valence-corrected chi connectivity index (χ3v) is 2.08. The van der Waals surface area contributed by atoms with Crippen molar-refractivity contribution in [3.05, 3.63) is 36.5 Å². The second-order valence-electron chi connectivity index (χ2n) is 3.09.